The number of rotatable bonds is 2. The summed E-state index contributed by atoms with van der Waals surface area (Å²) in [7, 11) is 0. The van der Waals surface area contributed by atoms with Gasteiger partial charge in [0.25, 0.3) is 0 Å². The molecule has 1 aromatic rings. The van der Waals surface area contributed by atoms with Crippen LogP contribution in [0.4, 0.5) is 4.79 Å². The predicted molar refractivity (Wildman–Crippen MR) is 95.3 cm³/mol. The Bertz CT molecular complexity index is 641. The van der Waals surface area contributed by atoms with Crippen LogP contribution in [0.5, 0.6) is 0 Å². The Morgan fingerprint density at radius 3 is 2.96 bits per heavy atom. The van der Waals surface area contributed by atoms with E-state index in [1.54, 1.807) is 5.56 Å². The molecule has 3 aliphatic rings. The van der Waals surface area contributed by atoms with E-state index in [2.05, 4.69) is 30.0 Å². The lowest BCUT2D eigenvalue weighted by Gasteiger charge is -2.58. The molecule has 0 aromatic heterocycles. The lowest BCUT2D eigenvalue weighted by molar-refractivity contribution is -0.0109. The van der Waals surface area contributed by atoms with Gasteiger partial charge >= 0.3 is 6.09 Å². The van der Waals surface area contributed by atoms with Crippen LogP contribution in [-0.4, -0.2) is 30.2 Å². The Morgan fingerprint density at radius 2 is 2.17 bits per heavy atom. The van der Waals surface area contributed by atoms with Crippen molar-refractivity contribution in [2.45, 2.75) is 70.3 Å². The minimum absolute atomic E-state index is 0.102. The first-order valence-electron chi connectivity index (χ1n) is 9.75. The molecule has 0 N–H and O–H groups in total. The van der Waals surface area contributed by atoms with Crippen molar-refractivity contribution >= 4 is 6.09 Å². The highest BCUT2D eigenvalue weighted by molar-refractivity contribution is 5.69. The lowest BCUT2D eigenvalue weighted by Crippen LogP contribution is -2.62. The summed E-state index contributed by atoms with van der Waals surface area (Å²) in [6.07, 6.45) is 8.31. The Morgan fingerprint density at radius 1 is 1.29 bits per heavy atom. The predicted octanol–water partition coefficient (Wildman–Crippen LogP) is 4.46. The van der Waals surface area contributed by atoms with Gasteiger partial charge in [0.15, 0.2) is 0 Å². The van der Waals surface area contributed by atoms with Crippen molar-refractivity contribution in [3.05, 3.63) is 34.9 Å². The molecule has 0 radical (unpaired) electrons. The second-order valence-corrected chi connectivity index (χ2v) is 7.77. The summed E-state index contributed by atoms with van der Waals surface area (Å²) < 4.78 is 5.36. The molecule has 24 heavy (non-hydrogen) atoms. The fourth-order valence-corrected chi connectivity index (χ4v) is 5.71. The summed E-state index contributed by atoms with van der Waals surface area (Å²) in [5.74, 6) is 0.615. The van der Waals surface area contributed by atoms with Gasteiger partial charge in [-0.2, -0.15) is 0 Å². The molecular formula is C21H29NO2. The van der Waals surface area contributed by atoms with E-state index in [-0.39, 0.29) is 6.09 Å². The van der Waals surface area contributed by atoms with Gasteiger partial charge in [0.05, 0.1) is 6.61 Å². The van der Waals surface area contributed by atoms with Crippen LogP contribution in [0.25, 0.3) is 0 Å². The number of carbonyl (C=O) groups excluding carboxylic acids is 1. The summed E-state index contributed by atoms with van der Waals surface area (Å²) in [5.41, 5.74) is 4.86. The zero-order valence-corrected chi connectivity index (χ0v) is 15.0. The Hall–Kier alpha value is -1.51. The molecule has 1 saturated carbocycles. The van der Waals surface area contributed by atoms with E-state index in [1.165, 1.54) is 36.8 Å². The Labute approximate surface area is 145 Å². The molecule has 0 unspecified atom stereocenters. The number of hydrogen-bond donors (Lipinski definition) is 0. The van der Waals surface area contributed by atoms with Crippen LogP contribution < -0.4 is 0 Å². The largest absolute Gasteiger partial charge is 0.450 e. The first-order chi connectivity index (χ1) is 11.7. The highest BCUT2D eigenvalue weighted by atomic mass is 16.6. The number of fused-ring (bicyclic) bond motifs is 1. The number of aryl methyl sites for hydroxylation is 1. The fourth-order valence-electron chi connectivity index (χ4n) is 5.71. The third-order valence-corrected chi connectivity index (χ3v) is 6.81. The smallest absolute Gasteiger partial charge is 0.410 e. The maximum Gasteiger partial charge on any atom is 0.410 e. The van der Waals surface area contributed by atoms with Crippen LogP contribution in [0.15, 0.2) is 18.2 Å². The molecule has 4 rings (SSSR count). The molecule has 1 aromatic carbocycles. The summed E-state index contributed by atoms with van der Waals surface area (Å²) in [4.78, 5) is 14.5. The van der Waals surface area contributed by atoms with Crippen molar-refractivity contribution in [2.24, 2.45) is 5.92 Å². The first-order valence-corrected chi connectivity index (χ1v) is 9.75. The normalized spacial score (nSPS) is 31.2. The molecule has 2 bridgehead atoms. The van der Waals surface area contributed by atoms with Gasteiger partial charge < -0.3 is 9.64 Å². The zero-order valence-electron chi connectivity index (χ0n) is 15.0. The number of amides is 1. The van der Waals surface area contributed by atoms with Gasteiger partial charge in [-0.05, 0) is 61.6 Å². The lowest BCUT2D eigenvalue weighted by atomic mass is 9.52. The molecule has 3 atom stereocenters. The van der Waals surface area contributed by atoms with Gasteiger partial charge in [0.2, 0.25) is 0 Å². The van der Waals surface area contributed by atoms with Crippen molar-refractivity contribution in [1.82, 2.24) is 4.90 Å². The molecule has 2 aliphatic carbocycles. The van der Waals surface area contributed by atoms with Crippen molar-refractivity contribution in [3.8, 4) is 0 Å². The summed E-state index contributed by atoms with van der Waals surface area (Å²) in [5, 5.41) is 0. The van der Waals surface area contributed by atoms with Gasteiger partial charge in [0.1, 0.15) is 0 Å². The van der Waals surface area contributed by atoms with Gasteiger partial charge in [-0.1, -0.05) is 38.0 Å². The Balaban J connectivity index is 1.77. The number of nitrogens with zero attached hydrogens (tertiary/aromatic N) is 1. The second-order valence-electron chi connectivity index (χ2n) is 7.77. The number of ether oxygens (including phenoxy) is 1. The summed E-state index contributed by atoms with van der Waals surface area (Å²) >= 11 is 0. The maximum atomic E-state index is 12.5. The van der Waals surface area contributed by atoms with Crippen LogP contribution in [0.1, 0.15) is 62.6 Å². The van der Waals surface area contributed by atoms with E-state index in [0.717, 1.165) is 25.8 Å². The Kier molecular flexibility index (Phi) is 4.06. The monoisotopic (exact) mass is 327 g/mol. The molecule has 1 heterocycles. The van der Waals surface area contributed by atoms with Crippen molar-refractivity contribution in [1.29, 1.82) is 0 Å². The van der Waals surface area contributed by atoms with Crippen LogP contribution >= 0.6 is 0 Å². The van der Waals surface area contributed by atoms with Crippen molar-refractivity contribution < 1.29 is 9.53 Å². The molecule has 1 aliphatic heterocycles. The van der Waals surface area contributed by atoms with Crippen LogP contribution in [-0.2, 0) is 23.0 Å². The van der Waals surface area contributed by atoms with Crippen LogP contribution in [0.2, 0.25) is 0 Å². The van der Waals surface area contributed by atoms with Crippen molar-refractivity contribution in [2.75, 3.05) is 13.2 Å². The third kappa shape index (κ3) is 2.28. The first kappa shape index (κ1) is 16.0. The number of likely N-dealkylation sites (tertiary alicyclic amines) is 1. The SMILES string of the molecule is CCOC(=O)N1CC[C@@]23CCCC[C@@H]2[C@@H]1Cc1ccc(CC)cc13. The topological polar surface area (TPSA) is 29.5 Å². The van der Waals surface area contributed by atoms with Gasteiger partial charge in [-0.15, -0.1) is 0 Å². The van der Waals surface area contributed by atoms with Crippen LogP contribution in [0.3, 0.4) is 0 Å². The molecule has 3 heteroatoms. The molecule has 0 spiro atoms. The van der Waals surface area contributed by atoms with E-state index < -0.39 is 0 Å². The minimum atomic E-state index is -0.102. The van der Waals surface area contributed by atoms with E-state index in [1.807, 2.05) is 6.92 Å². The van der Waals surface area contributed by atoms with E-state index in [9.17, 15) is 4.79 Å². The second kappa shape index (κ2) is 6.09. The number of hydrogen-bond acceptors (Lipinski definition) is 2. The molecular weight excluding hydrogens is 298 g/mol. The molecule has 2 fully saturated rings. The van der Waals surface area contributed by atoms with Crippen molar-refractivity contribution in [3.63, 3.8) is 0 Å². The zero-order chi connectivity index (χ0) is 16.7. The average Bonchev–Trinajstić information content (AvgIpc) is 2.61. The fraction of sp³-hybridized carbons (Fsp3) is 0.667. The quantitative estimate of drug-likeness (QED) is 0.802. The third-order valence-electron chi connectivity index (χ3n) is 6.81. The van der Waals surface area contributed by atoms with E-state index in [4.69, 9.17) is 4.74 Å². The molecule has 130 valence electrons. The van der Waals surface area contributed by atoms with Gasteiger partial charge in [0, 0.05) is 18.0 Å². The highest BCUT2D eigenvalue weighted by Gasteiger charge is 2.54. The van der Waals surface area contributed by atoms with Crippen LogP contribution in [0, 0.1) is 5.92 Å². The average molecular weight is 327 g/mol. The van der Waals surface area contributed by atoms with Gasteiger partial charge in [-0.25, -0.2) is 4.79 Å². The molecule has 1 saturated heterocycles. The van der Waals surface area contributed by atoms with E-state index in [0.29, 0.717) is 24.0 Å². The molecule has 3 nitrogen and oxygen atoms in total. The number of piperidine rings is 1. The molecule has 1 amide bonds. The van der Waals surface area contributed by atoms with E-state index >= 15 is 0 Å². The maximum absolute atomic E-state index is 12.5. The summed E-state index contributed by atoms with van der Waals surface area (Å²) in [6, 6.07) is 7.44. The number of carbonyl (C=O) groups is 1. The highest BCUT2D eigenvalue weighted by Crippen LogP contribution is 2.55. The minimum Gasteiger partial charge on any atom is -0.450 e. The summed E-state index contributed by atoms with van der Waals surface area (Å²) in [6.45, 7) is 5.46. The number of benzene rings is 1. The standard InChI is InChI=1S/C21H29NO2/c1-3-15-8-9-16-14-19-17-7-5-6-10-21(17,18(16)13-15)11-12-22(19)20(23)24-4-2/h8-9,13,17,19H,3-7,10-12,14H2,1-2H3/t17-,19+,21+/m1/s1. The van der Waals surface area contributed by atoms with Gasteiger partial charge in [-0.3, -0.25) is 0 Å².